The van der Waals surface area contributed by atoms with Crippen molar-refractivity contribution in [2.75, 3.05) is 19.7 Å². The molecule has 1 aromatic carbocycles. The third-order valence-electron chi connectivity index (χ3n) is 4.66. The summed E-state index contributed by atoms with van der Waals surface area (Å²) in [6, 6.07) is 4.80. The third-order valence-corrected chi connectivity index (χ3v) is 5.50. The van der Waals surface area contributed by atoms with Gasteiger partial charge in [0.25, 0.3) is 5.91 Å². The Morgan fingerprint density at radius 2 is 2.00 bits per heavy atom. The smallest absolute Gasteiger partial charge is 0.332 e. The number of halogens is 1. The fourth-order valence-corrected chi connectivity index (χ4v) is 3.71. The highest BCUT2D eigenvalue weighted by Crippen LogP contribution is 2.40. The molecule has 1 amide bonds. The van der Waals surface area contributed by atoms with Crippen molar-refractivity contribution in [1.82, 2.24) is 10.6 Å². The summed E-state index contributed by atoms with van der Waals surface area (Å²) >= 11 is 0. The van der Waals surface area contributed by atoms with E-state index < -0.39 is 21.0 Å². The molecule has 2 saturated heterocycles. The molecule has 3 unspecified atom stereocenters. The maximum absolute atomic E-state index is 12.8. The molecule has 0 radical (unpaired) electrons. The Morgan fingerprint density at radius 1 is 1.28 bits per heavy atom. The van der Waals surface area contributed by atoms with Crippen LogP contribution in [0.4, 0.5) is 3.89 Å². The van der Waals surface area contributed by atoms with E-state index in [9.17, 15) is 21.9 Å². The summed E-state index contributed by atoms with van der Waals surface area (Å²) in [6.07, 6.45) is 1.52. The van der Waals surface area contributed by atoms with Crippen LogP contribution in [0.2, 0.25) is 0 Å². The molecule has 2 N–H and O–H groups in total. The summed E-state index contributed by atoms with van der Waals surface area (Å²) in [4.78, 5) is 23.3. The van der Waals surface area contributed by atoms with E-state index in [1.807, 2.05) is 0 Å². The third kappa shape index (κ3) is 3.98. The van der Waals surface area contributed by atoms with Crippen LogP contribution in [0, 0.1) is 11.8 Å². The van der Waals surface area contributed by atoms with Gasteiger partial charge in [0.05, 0.1) is 17.4 Å². The van der Waals surface area contributed by atoms with Crippen LogP contribution < -0.4 is 10.6 Å². The highest BCUT2D eigenvalue weighted by atomic mass is 32.3. The van der Waals surface area contributed by atoms with E-state index in [-0.39, 0.29) is 30.1 Å². The first-order valence-electron chi connectivity index (χ1n) is 8.09. The van der Waals surface area contributed by atoms with Gasteiger partial charge in [-0.3, -0.25) is 9.59 Å². The molecule has 3 aliphatic rings. The Labute approximate surface area is 145 Å². The van der Waals surface area contributed by atoms with Crippen LogP contribution in [0.15, 0.2) is 29.2 Å². The zero-order valence-corrected chi connectivity index (χ0v) is 14.2. The first kappa shape index (κ1) is 17.8. The number of fused-ring (bicyclic) bond motifs is 1. The van der Waals surface area contributed by atoms with E-state index in [0.717, 1.165) is 25.1 Å². The van der Waals surface area contributed by atoms with E-state index >= 15 is 0 Å². The zero-order valence-electron chi connectivity index (χ0n) is 13.4. The van der Waals surface area contributed by atoms with Gasteiger partial charge in [-0.25, -0.2) is 0 Å². The molecule has 0 spiro atoms. The second-order valence-electron chi connectivity index (χ2n) is 6.28. The summed E-state index contributed by atoms with van der Waals surface area (Å²) < 4.78 is 39.4. The number of esters is 1. The normalized spacial score (nSPS) is 24.4. The van der Waals surface area contributed by atoms with Crippen LogP contribution in [0.5, 0.6) is 0 Å². The Morgan fingerprint density at radius 3 is 2.56 bits per heavy atom. The molecule has 1 aromatic rings. The molecule has 2 heterocycles. The molecule has 7 nitrogen and oxygen atoms in total. The molecule has 3 fully saturated rings. The minimum Gasteiger partial charge on any atom is -0.465 e. The summed E-state index contributed by atoms with van der Waals surface area (Å²) in [5.41, 5.74) is 0.224. The van der Waals surface area contributed by atoms with Crippen LogP contribution in [0.3, 0.4) is 0 Å². The zero-order chi connectivity index (χ0) is 18.0. The predicted octanol–water partition coefficient (Wildman–Crippen LogP) is 0.616. The molecule has 2 bridgehead atoms. The molecule has 9 heteroatoms. The summed E-state index contributed by atoms with van der Waals surface area (Å²) in [7, 11) is -4.77. The van der Waals surface area contributed by atoms with Crippen molar-refractivity contribution in [3.8, 4) is 0 Å². The van der Waals surface area contributed by atoms with Gasteiger partial charge < -0.3 is 15.4 Å². The summed E-state index contributed by atoms with van der Waals surface area (Å²) in [6.45, 7) is 1.42. The fourth-order valence-electron chi connectivity index (χ4n) is 3.25. The van der Waals surface area contributed by atoms with Gasteiger partial charge in [-0.2, -0.15) is 8.42 Å². The average Bonchev–Trinajstić information content (AvgIpc) is 3.18. The van der Waals surface area contributed by atoms with Crippen molar-refractivity contribution >= 4 is 22.1 Å². The number of rotatable bonds is 7. The van der Waals surface area contributed by atoms with Gasteiger partial charge in [0, 0.05) is 18.2 Å². The van der Waals surface area contributed by atoms with Crippen LogP contribution >= 0.6 is 0 Å². The lowest BCUT2D eigenvalue weighted by atomic mass is 9.74. The standard InChI is InChI=1S/C16H19FN2O5S/c17-25(22,23)12-4-2-10(3-5-12)15(20)18-6-1-7-24-16(21)14-11-8-13(14)19-9-11/h2-5,11,13-14,19H,1,6-9H2,(H,18,20). The highest BCUT2D eigenvalue weighted by Gasteiger charge is 2.51. The van der Waals surface area contributed by atoms with Gasteiger partial charge in [0.15, 0.2) is 0 Å². The Bertz CT molecular complexity index is 751. The molecule has 2 aliphatic heterocycles. The molecule has 1 saturated carbocycles. The molecular formula is C16H19FN2O5S. The molecule has 136 valence electrons. The minimum atomic E-state index is -4.77. The quantitative estimate of drug-likeness (QED) is 0.414. The largest absolute Gasteiger partial charge is 0.465 e. The number of benzene rings is 1. The van der Waals surface area contributed by atoms with E-state index in [1.54, 1.807) is 0 Å². The number of carbonyl (C=O) groups excluding carboxylic acids is 2. The fraction of sp³-hybridized carbons (Fsp3) is 0.500. The summed E-state index contributed by atoms with van der Waals surface area (Å²) in [5, 5.41) is 5.89. The monoisotopic (exact) mass is 370 g/mol. The summed E-state index contributed by atoms with van der Waals surface area (Å²) in [5.74, 6) is -0.218. The number of amides is 1. The maximum atomic E-state index is 12.8. The SMILES string of the molecule is O=C(NCCCOC(=O)C1C2CNC1C2)c1ccc(S(=O)(=O)F)cc1. The topological polar surface area (TPSA) is 102 Å². The first-order chi connectivity index (χ1) is 11.9. The van der Waals surface area contributed by atoms with Gasteiger partial charge in [-0.05, 0) is 49.6 Å². The molecular weight excluding hydrogens is 351 g/mol. The van der Waals surface area contributed by atoms with Crippen LogP contribution in [-0.4, -0.2) is 46.0 Å². The van der Waals surface area contributed by atoms with Gasteiger partial charge in [-0.15, -0.1) is 3.89 Å². The van der Waals surface area contributed by atoms with Crippen molar-refractivity contribution in [1.29, 1.82) is 0 Å². The molecule has 0 aromatic heterocycles. The van der Waals surface area contributed by atoms with Crippen molar-refractivity contribution in [3.05, 3.63) is 29.8 Å². The van der Waals surface area contributed by atoms with E-state index in [2.05, 4.69) is 10.6 Å². The van der Waals surface area contributed by atoms with E-state index in [0.29, 0.717) is 18.9 Å². The van der Waals surface area contributed by atoms with Gasteiger partial charge in [-0.1, -0.05) is 0 Å². The average molecular weight is 370 g/mol. The van der Waals surface area contributed by atoms with E-state index in [1.165, 1.54) is 12.1 Å². The first-order valence-corrected chi connectivity index (χ1v) is 9.47. The second kappa shape index (κ2) is 7.09. The van der Waals surface area contributed by atoms with Crippen LogP contribution in [0.1, 0.15) is 23.2 Å². The lowest BCUT2D eigenvalue weighted by molar-refractivity contribution is -0.153. The number of hydrogen-bond donors (Lipinski definition) is 2. The Kier molecular flexibility index (Phi) is 5.05. The predicted molar refractivity (Wildman–Crippen MR) is 86.0 cm³/mol. The number of hydrogen-bond acceptors (Lipinski definition) is 6. The number of carbonyl (C=O) groups is 2. The number of ether oxygens (including phenoxy) is 1. The second-order valence-corrected chi connectivity index (χ2v) is 7.62. The van der Waals surface area contributed by atoms with Crippen LogP contribution in [0.25, 0.3) is 0 Å². The lowest BCUT2D eigenvalue weighted by Crippen LogP contribution is -2.43. The number of nitrogens with one attached hydrogen (secondary N) is 2. The van der Waals surface area contributed by atoms with Crippen LogP contribution in [-0.2, 0) is 19.8 Å². The van der Waals surface area contributed by atoms with Gasteiger partial charge in [0.2, 0.25) is 0 Å². The molecule has 25 heavy (non-hydrogen) atoms. The van der Waals surface area contributed by atoms with Crippen molar-refractivity contribution in [2.24, 2.45) is 11.8 Å². The minimum absolute atomic E-state index is 0.0279. The Hall–Kier alpha value is -2.00. The van der Waals surface area contributed by atoms with Crippen molar-refractivity contribution < 1.29 is 26.6 Å². The molecule has 3 atom stereocenters. The van der Waals surface area contributed by atoms with Gasteiger partial charge >= 0.3 is 16.2 Å². The van der Waals surface area contributed by atoms with E-state index in [4.69, 9.17) is 4.74 Å². The lowest BCUT2D eigenvalue weighted by Gasteiger charge is -2.32. The molecule has 1 aliphatic carbocycles. The van der Waals surface area contributed by atoms with Gasteiger partial charge in [0.1, 0.15) is 0 Å². The van der Waals surface area contributed by atoms with Crippen molar-refractivity contribution in [2.45, 2.75) is 23.8 Å². The van der Waals surface area contributed by atoms with Crippen molar-refractivity contribution in [3.63, 3.8) is 0 Å². The highest BCUT2D eigenvalue weighted by molar-refractivity contribution is 7.86. The maximum Gasteiger partial charge on any atom is 0.332 e. The molecule has 4 rings (SSSR count). The Balaban J connectivity index is 1.36.